The van der Waals surface area contributed by atoms with Crippen LogP contribution in [0.3, 0.4) is 0 Å². The first kappa shape index (κ1) is 18.0. The zero-order chi connectivity index (χ0) is 17.5. The number of halogens is 1. The number of benzene rings is 2. The molecule has 0 spiro atoms. The number of ether oxygens (including phenoxy) is 1. The van der Waals surface area contributed by atoms with Crippen LogP contribution in [0.25, 0.3) is 0 Å². The summed E-state index contributed by atoms with van der Waals surface area (Å²) in [6.45, 7) is 2.32. The minimum Gasteiger partial charge on any atom is -0.507 e. The summed E-state index contributed by atoms with van der Waals surface area (Å²) in [4.78, 5) is 0. The Bertz CT molecular complexity index is 748. The fraction of sp³-hybridized carbons (Fsp3) is 0.176. The van der Waals surface area contributed by atoms with Gasteiger partial charge in [0.25, 0.3) is 0 Å². The van der Waals surface area contributed by atoms with Gasteiger partial charge in [0.2, 0.25) is 0 Å². The van der Waals surface area contributed by atoms with Crippen molar-refractivity contribution in [2.45, 2.75) is 13.5 Å². The summed E-state index contributed by atoms with van der Waals surface area (Å²) in [7, 11) is 1.63. The molecule has 7 heteroatoms. The van der Waals surface area contributed by atoms with Crippen LogP contribution in [0.5, 0.6) is 11.5 Å². The third-order valence-electron chi connectivity index (χ3n) is 3.29. The molecule has 2 rings (SSSR count). The second kappa shape index (κ2) is 8.52. The number of thiocarbonyl (C=S) groups is 1. The molecule has 2 aromatic carbocycles. The van der Waals surface area contributed by atoms with Gasteiger partial charge in [-0.25, -0.2) is 0 Å². The van der Waals surface area contributed by atoms with Crippen LogP contribution in [0, 0.1) is 0 Å². The van der Waals surface area contributed by atoms with E-state index >= 15 is 0 Å². The average Bonchev–Trinajstić information content (AvgIpc) is 2.60. The molecule has 0 aliphatic heterocycles. The maximum absolute atomic E-state index is 9.84. The van der Waals surface area contributed by atoms with E-state index in [0.29, 0.717) is 28.0 Å². The van der Waals surface area contributed by atoms with Gasteiger partial charge in [-0.2, -0.15) is 5.10 Å². The SMILES string of the molecule is COc1ccc(CNC(=S)N/N=C(\C)c2cc(Cl)ccc2O)cc1. The van der Waals surface area contributed by atoms with Crippen LogP contribution >= 0.6 is 23.8 Å². The predicted octanol–water partition coefficient (Wildman–Crippen LogP) is 3.44. The van der Waals surface area contributed by atoms with Gasteiger partial charge in [0.1, 0.15) is 11.5 Å². The molecule has 0 radical (unpaired) electrons. The molecule has 0 amide bonds. The average molecular weight is 364 g/mol. The molecule has 24 heavy (non-hydrogen) atoms. The van der Waals surface area contributed by atoms with Gasteiger partial charge in [-0.15, -0.1) is 0 Å². The Hall–Kier alpha value is -2.31. The van der Waals surface area contributed by atoms with Crippen molar-refractivity contribution in [2.24, 2.45) is 5.10 Å². The molecule has 0 aromatic heterocycles. The highest BCUT2D eigenvalue weighted by Gasteiger charge is 2.06. The summed E-state index contributed by atoms with van der Waals surface area (Å²) >= 11 is 11.1. The van der Waals surface area contributed by atoms with Crippen molar-refractivity contribution in [1.29, 1.82) is 0 Å². The van der Waals surface area contributed by atoms with Crippen LogP contribution in [0.15, 0.2) is 47.6 Å². The van der Waals surface area contributed by atoms with Gasteiger partial charge < -0.3 is 15.2 Å². The van der Waals surface area contributed by atoms with Crippen molar-refractivity contribution in [2.75, 3.05) is 7.11 Å². The van der Waals surface area contributed by atoms with Gasteiger partial charge in [-0.3, -0.25) is 5.43 Å². The number of nitrogens with one attached hydrogen (secondary N) is 2. The second-order valence-corrected chi connectivity index (χ2v) is 5.85. The maximum Gasteiger partial charge on any atom is 0.187 e. The third kappa shape index (κ3) is 5.11. The minimum absolute atomic E-state index is 0.111. The van der Waals surface area contributed by atoms with Crippen molar-refractivity contribution >= 4 is 34.6 Å². The Balaban J connectivity index is 1.90. The van der Waals surface area contributed by atoms with Crippen LogP contribution in [0.1, 0.15) is 18.1 Å². The fourth-order valence-electron chi connectivity index (χ4n) is 1.96. The van der Waals surface area contributed by atoms with E-state index in [2.05, 4.69) is 15.8 Å². The van der Waals surface area contributed by atoms with E-state index in [4.69, 9.17) is 28.6 Å². The van der Waals surface area contributed by atoms with E-state index in [-0.39, 0.29) is 5.75 Å². The molecule has 0 saturated carbocycles. The summed E-state index contributed by atoms with van der Waals surface area (Å²) in [5, 5.41) is 18.0. The van der Waals surface area contributed by atoms with Crippen LogP contribution in [0.2, 0.25) is 5.02 Å². The Morgan fingerprint density at radius 1 is 1.25 bits per heavy atom. The van der Waals surface area contributed by atoms with E-state index in [1.807, 2.05) is 24.3 Å². The van der Waals surface area contributed by atoms with Gasteiger partial charge in [-0.05, 0) is 55.0 Å². The number of hydrogen-bond acceptors (Lipinski definition) is 4. The molecule has 0 aliphatic rings. The number of rotatable bonds is 5. The van der Waals surface area contributed by atoms with Crippen LogP contribution in [-0.4, -0.2) is 23.0 Å². The van der Waals surface area contributed by atoms with Crippen molar-refractivity contribution in [3.63, 3.8) is 0 Å². The van der Waals surface area contributed by atoms with Gasteiger partial charge in [0, 0.05) is 17.1 Å². The summed E-state index contributed by atoms with van der Waals surface area (Å²) in [5.74, 6) is 0.917. The van der Waals surface area contributed by atoms with Crippen molar-refractivity contribution in [3.05, 3.63) is 58.6 Å². The first-order chi connectivity index (χ1) is 11.5. The number of phenolic OH excluding ortho intramolecular Hbond substituents is 1. The molecule has 0 heterocycles. The molecular weight excluding hydrogens is 346 g/mol. The van der Waals surface area contributed by atoms with Gasteiger partial charge in [0.15, 0.2) is 5.11 Å². The highest BCUT2D eigenvalue weighted by molar-refractivity contribution is 7.80. The number of hydrazone groups is 1. The van der Waals surface area contributed by atoms with Crippen molar-refractivity contribution < 1.29 is 9.84 Å². The summed E-state index contributed by atoms with van der Waals surface area (Å²) in [6, 6.07) is 12.5. The topological polar surface area (TPSA) is 65.9 Å². The van der Waals surface area contributed by atoms with E-state index in [1.54, 1.807) is 26.2 Å². The zero-order valence-corrected chi connectivity index (χ0v) is 14.9. The van der Waals surface area contributed by atoms with E-state index < -0.39 is 0 Å². The highest BCUT2D eigenvalue weighted by Crippen LogP contribution is 2.21. The standard InChI is InChI=1S/C17H18ClN3O2S/c1-11(15-9-13(18)5-8-16(15)22)20-21-17(24)19-10-12-3-6-14(23-2)7-4-12/h3-9,22H,10H2,1-2H3,(H2,19,21,24)/b20-11+. The Kier molecular flexibility index (Phi) is 6.40. The molecule has 2 aromatic rings. The van der Waals surface area contributed by atoms with Gasteiger partial charge >= 0.3 is 0 Å². The van der Waals surface area contributed by atoms with E-state index in [1.165, 1.54) is 6.07 Å². The minimum atomic E-state index is 0.111. The normalized spacial score (nSPS) is 11.0. The number of nitrogens with zero attached hydrogens (tertiary/aromatic N) is 1. The zero-order valence-electron chi connectivity index (χ0n) is 13.3. The first-order valence-corrected chi connectivity index (χ1v) is 7.98. The van der Waals surface area contributed by atoms with Gasteiger partial charge in [-0.1, -0.05) is 23.7 Å². The number of methoxy groups -OCH3 is 1. The number of hydrogen-bond donors (Lipinski definition) is 3. The Morgan fingerprint density at radius 3 is 2.62 bits per heavy atom. The molecule has 5 nitrogen and oxygen atoms in total. The largest absolute Gasteiger partial charge is 0.507 e. The molecular formula is C17H18ClN3O2S. The smallest absolute Gasteiger partial charge is 0.187 e. The molecule has 3 N–H and O–H groups in total. The van der Waals surface area contributed by atoms with Gasteiger partial charge in [0.05, 0.1) is 12.8 Å². The third-order valence-corrected chi connectivity index (χ3v) is 3.76. The van der Waals surface area contributed by atoms with Crippen LogP contribution in [-0.2, 0) is 6.54 Å². The molecule has 126 valence electrons. The van der Waals surface area contributed by atoms with Crippen LogP contribution in [0.4, 0.5) is 0 Å². The van der Waals surface area contributed by atoms with E-state index in [9.17, 15) is 5.11 Å². The lowest BCUT2D eigenvalue weighted by Crippen LogP contribution is -2.32. The highest BCUT2D eigenvalue weighted by atomic mass is 35.5. The predicted molar refractivity (Wildman–Crippen MR) is 101 cm³/mol. The summed E-state index contributed by atoms with van der Waals surface area (Å²) in [6.07, 6.45) is 0. The van der Waals surface area contributed by atoms with Crippen molar-refractivity contribution in [3.8, 4) is 11.5 Å². The molecule has 0 unspecified atom stereocenters. The number of phenols is 1. The maximum atomic E-state index is 9.84. The molecule has 0 bridgehead atoms. The lowest BCUT2D eigenvalue weighted by atomic mass is 10.1. The Labute approximate surface area is 151 Å². The molecule has 0 fully saturated rings. The molecule has 0 atom stereocenters. The van der Waals surface area contributed by atoms with Crippen molar-refractivity contribution in [1.82, 2.24) is 10.7 Å². The summed E-state index contributed by atoms with van der Waals surface area (Å²) in [5.41, 5.74) is 4.93. The second-order valence-electron chi connectivity index (χ2n) is 5.00. The summed E-state index contributed by atoms with van der Waals surface area (Å²) < 4.78 is 5.11. The Morgan fingerprint density at radius 2 is 1.96 bits per heavy atom. The monoisotopic (exact) mass is 363 g/mol. The van der Waals surface area contributed by atoms with Crippen LogP contribution < -0.4 is 15.5 Å². The quantitative estimate of drug-likeness (QED) is 0.431. The van der Waals surface area contributed by atoms with E-state index in [0.717, 1.165) is 11.3 Å². The fourth-order valence-corrected chi connectivity index (χ4v) is 2.25. The molecule has 0 saturated heterocycles. The lowest BCUT2D eigenvalue weighted by Gasteiger charge is -2.09. The molecule has 0 aliphatic carbocycles. The first-order valence-electron chi connectivity index (χ1n) is 7.19. The lowest BCUT2D eigenvalue weighted by molar-refractivity contribution is 0.414. The number of aromatic hydroxyl groups is 1.